The lowest BCUT2D eigenvalue weighted by Crippen LogP contribution is -2.58. The molecule has 0 aromatic heterocycles. The fourth-order valence-corrected chi connectivity index (χ4v) is 9.26. The number of hydrogen-bond acceptors (Lipinski definition) is 0. The second kappa shape index (κ2) is 8.69. The molecule has 5 atom stereocenters. The van der Waals surface area contributed by atoms with Crippen LogP contribution in [0.2, 0.25) is 0 Å². The molecule has 0 heterocycles. The first kappa shape index (κ1) is 27.4. The number of rotatable bonds is 3. The molecule has 0 radical (unpaired) electrons. The highest BCUT2D eigenvalue weighted by Crippen LogP contribution is 2.74. The van der Waals surface area contributed by atoms with E-state index in [1.54, 1.807) is 0 Å². The average Bonchev–Trinajstić information content (AvgIpc) is 2.89. The zero-order valence-electron chi connectivity index (χ0n) is 25.7. The van der Waals surface area contributed by atoms with Gasteiger partial charge >= 0.3 is 0 Å². The lowest BCUT2D eigenvalue weighted by atomic mass is 9.36. The Balaban J connectivity index is 1.79. The second-order valence-electron chi connectivity index (χ2n) is 13.4. The molecule has 3 aliphatic carbocycles. The van der Waals surface area contributed by atoms with Crippen molar-refractivity contribution in [2.24, 2.45) is 22.2 Å². The summed E-state index contributed by atoms with van der Waals surface area (Å²) in [5, 5.41) is 0. The summed E-state index contributed by atoms with van der Waals surface area (Å²) in [4.78, 5) is 0. The van der Waals surface area contributed by atoms with E-state index in [9.17, 15) is 0 Å². The highest BCUT2D eigenvalue weighted by molar-refractivity contribution is 5.90. The first-order valence-corrected chi connectivity index (χ1v) is 14.5. The van der Waals surface area contributed by atoms with Crippen LogP contribution in [0.25, 0.3) is 22.8 Å². The third-order valence-corrected chi connectivity index (χ3v) is 12.0. The molecule has 0 aliphatic heterocycles. The zero-order valence-corrected chi connectivity index (χ0v) is 25.7. The molecule has 0 unspecified atom stereocenters. The van der Waals surface area contributed by atoms with Gasteiger partial charge in [-0.25, -0.2) is 0 Å². The Morgan fingerprint density at radius 2 is 1.56 bits per heavy atom. The van der Waals surface area contributed by atoms with Gasteiger partial charge in [0.05, 0.1) is 0 Å². The molecule has 39 heavy (non-hydrogen) atoms. The predicted molar refractivity (Wildman–Crippen MR) is 172 cm³/mol. The van der Waals surface area contributed by atoms with Crippen LogP contribution < -0.4 is 0 Å². The number of hydrogen-bond donors (Lipinski definition) is 0. The summed E-state index contributed by atoms with van der Waals surface area (Å²) in [5.74, 6) is 0.800. The van der Waals surface area contributed by atoms with E-state index in [2.05, 4.69) is 112 Å². The van der Waals surface area contributed by atoms with Crippen molar-refractivity contribution >= 4 is 11.6 Å². The van der Waals surface area contributed by atoms with Crippen molar-refractivity contribution in [2.75, 3.05) is 0 Å². The Hall–Kier alpha value is -3.12. The van der Waals surface area contributed by atoms with Gasteiger partial charge in [0.15, 0.2) is 0 Å². The van der Waals surface area contributed by atoms with Crippen molar-refractivity contribution in [3.05, 3.63) is 118 Å². The first-order valence-electron chi connectivity index (χ1n) is 14.5. The molecule has 2 aromatic rings. The molecule has 0 amide bonds. The Bertz CT molecular complexity index is 1530. The van der Waals surface area contributed by atoms with Gasteiger partial charge in [-0.2, -0.15) is 0 Å². The maximum absolute atomic E-state index is 4.88. The SMILES string of the molecule is C=Cc1ccc(-c2ccc3c(c2C)C(=C)C2=C(C)[C@@]4(C)C(=C)C(C(=C)C)=C(C)C[C@@]4(C)[C@H](C)[C@@]2(C)[C@@H]3C)cc1. The Morgan fingerprint density at radius 1 is 0.949 bits per heavy atom. The highest BCUT2D eigenvalue weighted by Gasteiger charge is 2.64. The molecule has 2 aromatic carbocycles. The van der Waals surface area contributed by atoms with Gasteiger partial charge in [0.1, 0.15) is 0 Å². The van der Waals surface area contributed by atoms with Crippen molar-refractivity contribution in [1.82, 2.24) is 0 Å². The summed E-state index contributed by atoms with van der Waals surface area (Å²) >= 11 is 0. The van der Waals surface area contributed by atoms with Crippen molar-refractivity contribution in [1.29, 1.82) is 0 Å². The molecule has 202 valence electrons. The third-order valence-electron chi connectivity index (χ3n) is 12.0. The largest absolute Gasteiger partial charge is 0.0985 e. The Morgan fingerprint density at radius 3 is 2.13 bits per heavy atom. The normalized spacial score (nSPS) is 32.0. The molecule has 0 bridgehead atoms. The molecule has 3 aliphatic rings. The van der Waals surface area contributed by atoms with Gasteiger partial charge in [-0.05, 0) is 107 Å². The third kappa shape index (κ3) is 3.24. The smallest absolute Gasteiger partial charge is 0.0196 e. The molecule has 0 spiro atoms. The van der Waals surface area contributed by atoms with Crippen LogP contribution in [0.5, 0.6) is 0 Å². The van der Waals surface area contributed by atoms with Gasteiger partial charge in [0, 0.05) is 10.8 Å². The van der Waals surface area contributed by atoms with Crippen molar-refractivity contribution in [3.8, 4) is 11.1 Å². The van der Waals surface area contributed by atoms with Crippen molar-refractivity contribution in [2.45, 2.75) is 74.7 Å². The minimum atomic E-state index is -0.165. The second-order valence-corrected chi connectivity index (χ2v) is 13.4. The fraction of sp³-hybridized carbons (Fsp3) is 0.385. The topological polar surface area (TPSA) is 0 Å². The van der Waals surface area contributed by atoms with Crippen LogP contribution in [0.3, 0.4) is 0 Å². The van der Waals surface area contributed by atoms with E-state index in [1.165, 1.54) is 61.3 Å². The summed E-state index contributed by atoms with van der Waals surface area (Å²) < 4.78 is 0. The van der Waals surface area contributed by atoms with E-state index in [4.69, 9.17) is 13.2 Å². The van der Waals surface area contributed by atoms with Gasteiger partial charge in [0.25, 0.3) is 0 Å². The van der Waals surface area contributed by atoms with Crippen LogP contribution in [-0.4, -0.2) is 0 Å². The summed E-state index contributed by atoms with van der Waals surface area (Å²) in [7, 11) is 0. The highest BCUT2D eigenvalue weighted by atomic mass is 14.7. The summed E-state index contributed by atoms with van der Waals surface area (Å²) in [6.07, 6.45) is 2.97. The summed E-state index contributed by atoms with van der Waals surface area (Å²) in [5.41, 5.74) is 16.8. The van der Waals surface area contributed by atoms with Crippen LogP contribution >= 0.6 is 0 Å². The van der Waals surface area contributed by atoms with Crippen LogP contribution in [0, 0.1) is 29.1 Å². The molecule has 0 heteroatoms. The first-order chi connectivity index (χ1) is 18.2. The van der Waals surface area contributed by atoms with Gasteiger partial charge in [0.2, 0.25) is 0 Å². The maximum atomic E-state index is 4.88. The van der Waals surface area contributed by atoms with E-state index in [1.807, 2.05) is 6.08 Å². The monoisotopic (exact) mass is 514 g/mol. The van der Waals surface area contributed by atoms with Gasteiger partial charge in [-0.1, -0.05) is 120 Å². The number of allylic oxidation sites excluding steroid dienone is 7. The van der Waals surface area contributed by atoms with Crippen molar-refractivity contribution < 1.29 is 0 Å². The Kier molecular flexibility index (Phi) is 6.12. The average molecular weight is 515 g/mol. The van der Waals surface area contributed by atoms with Gasteiger partial charge in [-0.3, -0.25) is 0 Å². The number of benzene rings is 2. The van der Waals surface area contributed by atoms with E-state index >= 15 is 0 Å². The minimum absolute atomic E-state index is 0.0245. The van der Waals surface area contributed by atoms with Crippen LogP contribution in [-0.2, 0) is 0 Å². The van der Waals surface area contributed by atoms with E-state index in [0.717, 1.165) is 17.6 Å². The molecule has 0 N–H and O–H groups in total. The summed E-state index contributed by atoms with van der Waals surface area (Å²) in [6.45, 7) is 39.6. The molecule has 0 nitrogen and oxygen atoms in total. The predicted octanol–water partition coefficient (Wildman–Crippen LogP) is 11.3. The molecule has 0 saturated heterocycles. The minimum Gasteiger partial charge on any atom is -0.0985 e. The van der Waals surface area contributed by atoms with Crippen molar-refractivity contribution in [3.63, 3.8) is 0 Å². The molecular weight excluding hydrogens is 468 g/mol. The summed E-state index contributed by atoms with van der Waals surface area (Å²) in [6, 6.07) is 13.4. The maximum Gasteiger partial charge on any atom is 0.0196 e. The molecular formula is C39H46. The Labute approximate surface area is 237 Å². The number of fused-ring (bicyclic) bond motifs is 3. The fourth-order valence-electron chi connectivity index (χ4n) is 9.26. The van der Waals surface area contributed by atoms with E-state index in [0.29, 0.717) is 11.8 Å². The lowest BCUT2D eigenvalue weighted by molar-refractivity contribution is -0.0260. The van der Waals surface area contributed by atoms with E-state index in [-0.39, 0.29) is 16.2 Å². The standard InChI is InChI=1S/C39H46/c1-14-30-15-17-31(18-16-30)32-19-20-33-26(7)38(12)29(10)37(11)21-23(4)34(22(2)3)27(8)39(37,13)28(9)36(38)25(6)35(33)24(32)5/h14-20,26,29H,1-2,6,8,21H2,3-5,7,9-13H3/t26-,29+,37+,38-,39-/m1/s1. The molecule has 0 saturated carbocycles. The lowest BCUT2D eigenvalue weighted by Gasteiger charge is -2.67. The van der Waals surface area contributed by atoms with Crippen LogP contribution in [0.15, 0.2) is 96.2 Å². The van der Waals surface area contributed by atoms with Gasteiger partial charge in [-0.15, -0.1) is 0 Å². The van der Waals surface area contributed by atoms with Crippen LogP contribution in [0.4, 0.5) is 0 Å². The van der Waals surface area contributed by atoms with E-state index < -0.39 is 0 Å². The molecule has 5 rings (SSSR count). The van der Waals surface area contributed by atoms with Gasteiger partial charge < -0.3 is 0 Å². The molecule has 0 fully saturated rings. The zero-order chi connectivity index (χ0) is 28.8. The van der Waals surface area contributed by atoms with Crippen LogP contribution in [0.1, 0.15) is 90.0 Å². The quantitative estimate of drug-likeness (QED) is 0.382.